The van der Waals surface area contributed by atoms with Gasteiger partial charge >= 0.3 is 7.12 Å². The summed E-state index contributed by atoms with van der Waals surface area (Å²) in [5.41, 5.74) is 3.55. The molecule has 2 aromatic carbocycles. The first-order chi connectivity index (χ1) is 11.3. The molecule has 2 nitrogen and oxygen atoms in total. The molecular weight excluding hydrogens is 295 g/mol. The summed E-state index contributed by atoms with van der Waals surface area (Å²) in [5, 5.41) is 0. The zero-order valence-electron chi connectivity index (χ0n) is 15.0. The highest BCUT2D eigenvalue weighted by molar-refractivity contribution is 6.62. The van der Waals surface area contributed by atoms with Crippen LogP contribution in [0.2, 0.25) is 0 Å². The van der Waals surface area contributed by atoms with Crippen molar-refractivity contribution in [3.05, 3.63) is 65.7 Å². The van der Waals surface area contributed by atoms with Crippen LogP contribution in [0.1, 0.15) is 51.7 Å². The van der Waals surface area contributed by atoms with Crippen LogP contribution in [0.3, 0.4) is 0 Å². The lowest BCUT2D eigenvalue weighted by Gasteiger charge is -2.32. The van der Waals surface area contributed by atoms with Gasteiger partial charge in [-0.15, -0.1) is 0 Å². The number of benzene rings is 2. The van der Waals surface area contributed by atoms with Crippen molar-refractivity contribution in [3.63, 3.8) is 0 Å². The van der Waals surface area contributed by atoms with Gasteiger partial charge in [-0.05, 0) is 57.1 Å². The fourth-order valence-corrected chi connectivity index (χ4v) is 3.56. The molecule has 1 saturated carbocycles. The third kappa shape index (κ3) is 2.42. The van der Waals surface area contributed by atoms with Crippen molar-refractivity contribution in [1.82, 2.24) is 0 Å². The summed E-state index contributed by atoms with van der Waals surface area (Å²) in [6.45, 7) is 8.37. The van der Waals surface area contributed by atoms with E-state index in [4.69, 9.17) is 9.31 Å². The Morgan fingerprint density at radius 2 is 1.21 bits per heavy atom. The van der Waals surface area contributed by atoms with E-state index in [2.05, 4.69) is 82.3 Å². The van der Waals surface area contributed by atoms with Crippen LogP contribution in [0.25, 0.3) is 0 Å². The van der Waals surface area contributed by atoms with Crippen molar-refractivity contribution in [2.45, 2.75) is 57.2 Å². The number of hydrogen-bond donors (Lipinski definition) is 0. The maximum atomic E-state index is 6.15. The van der Waals surface area contributed by atoms with Gasteiger partial charge in [0.05, 0.1) is 11.2 Å². The Morgan fingerprint density at radius 1 is 0.708 bits per heavy atom. The molecule has 0 unspecified atom stereocenters. The van der Waals surface area contributed by atoms with Crippen molar-refractivity contribution in [2.24, 2.45) is 0 Å². The zero-order chi connectivity index (χ0) is 17.0. The van der Waals surface area contributed by atoms with Crippen LogP contribution in [-0.2, 0) is 14.7 Å². The minimum Gasteiger partial charge on any atom is -0.399 e. The van der Waals surface area contributed by atoms with Crippen molar-refractivity contribution in [3.8, 4) is 0 Å². The van der Waals surface area contributed by atoms with Crippen LogP contribution in [0.4, 0.5) is 0 Å². The molecule has 0 aromatic heterocycles. The number of rotatable bonds is 3. The van der Waals surface area contributed by atoms with E-state index in [1.165, 1.54) is 24.0 Å². The molecule has 0 atom stereocenters. The topological polar surface area (TPSA) is 18.5 Å². The van der Waals surface area contributed by atoms with Gasteiger partial charge in [0, 0.05) is 5.41 Å². The Hall–Kier alpha value is -1.58. The van der Waals surface area contributed by atoms with E-state index < -0.39 is 0 Å². The van der Waals surface area contributed by atoms with Gasteiger partial charge in [0.25, 0.3) is 0 Å². The highest BCUT2D eigenvalue weighted by Crippen LogP contribution is 2.53. The smallest absolute Gasteiger partial charge is 0.399 e. The Kier molecular flexibility index (Phi) is 3.46. The second-order valence-corrected chi connectivity index (χ2v) is 8.16. The zero-order valence-corrected chi connectivity index (χ0v) is 15.0. The van der Waals surface area contributed by atoms with Gasteiger partial charge in [-0.1, -0.05) is 54.6 Å². The third-order valence-electron chi connectivity index (χ3n) is 6.07. The van der Waals surface area contributed by atoms with Crippen LogP contribution in [-0.4, -0.2) is 18.3 Å². The van der Waals surface area contributed by atoms with E-state index >= 15 is 0 Å². The highest BCUT2D eigenvalue weighted by Gasteiger charge is 2.52. The van der Waals surface area contributed by atoms with E-state index in [1.54, 1.807) is 0 Å². The molecule has 0 bridgehead atoms. The Bertz CT molecular complexity index is 714. The Morgan fingerprint density at radius 3 is 1.71 bits per heavy atom. The Balaban J connectivity index is 1.59. The van der Waals surface area contributed by atoms with Crippen LogP contribution >= 0.6 is 0 Å². The van der Waals surface area contributed by atoms with Gasteiger partial charge < -0.3 is 9.31 Å². The highest BCUT2D eigenvalue weighted by atomic mass is 16.7. The average molecular weight is 320 g/mol. The molecule has 4 rings (SSSR count). The fraction of sp³-hybridized carbons (Fsp3) is 0.429. The summed E-state index contributed by atoms with van der Waals surface area (Å²) in [5.74, 6) is 0. The summed E-state index contributed by atoms with van der Waals surface area (Å²) in [4.78, 5) is 0. The van der Waals surface area contributed by atoms with Gasteiger partial charge in [0.1, 0.15) is 0 Å². The molecule has 2 aliphatic rings. The predicted molar refractivity (Wildman–Crippen MR) is 98.6 cm³/mol. The maximum absolute atomic E-state index is 6.15. The molecule has 2 fully saturated rings. The van der Waals surface area contributed by atoms with Gasteiger partial charge in [-0.2, -0.15) is 0 Å². The summed E-state index contributed by atoms with van der Waals surface area (Å²) < 4.78 is 12.3. The molecule has 2 aromatic rings. The molecule has 1 aliphatic carbocycles. The van der Waals surface area contributed by atoms with Crippen LogP contribution < -0.4 is 5.46 Å². The molecule has 0 amide bonds. The maximum Gasteiger partial charge on any atom is 0.494 e. The average Bonchev–Trinajstić information content (AvgIpc) is 3.32. The normalized spacial score (nSPS) is 23.2. The molecule has 124 valence electrons. The molecule has 0 spiro atoms. The predicted octanol–water partition coefficient (Wildman–Crippen LogP) is 4.07. The molecule has 0 radical (unpaired) electrons. The first-order valence-electron chi connectivity index (χ1n) is 8.86. The standard InChI is InChI=1S/C21H25BO2/c1-19(2)20(3,4)24-22(23-19)18-12-10-17(11-13-18)21(14-15-21)16-8-6-5-7-9-16/h5-13H,14-15H2,1-4H3. The minimum absolute atomic E-state index is 0.218. The molecule has 3 heteroatoms. The number of hydrogen-bond acceptors (Lipinski definition) is 2. The fourth-order valence-electron chi connectivity index (χ4n) is 3.56. The van der Waals surface area contributed by atoms with Gasteiger partial charge in [-0.25, -0.2) is 0 Å². The van der Waals surface area contributed by atoms with E-state index in [1.807, 2.05) is 0 Å². The second kappa shape index (κ2) is 5.21. The molecular formula is C21H25BO2. The lowest BCUT2D eigenvalue weighted by Crippen LogP contribution is -2.41. The lowest BCUT2D eigenvalue weighted by atomic mass is 9.77. The van der Waals surface area contributed by atoms with E-state index in [0.717, 1.165) is 5.46 Å². The van der Waals surface area contributed by atoms with Gasteiger partial charge in [-0.3, -0.25) is 0 Å². The molecule has 24 heavy (non-hydrogen) atoms. The molecule has 1 saturated heterocycles. The SMILES string of the molecule is CC1(C)OB(c2ccc(C3(c4ccccc4)CC3)cc2)OC1(C)C. The quantitative estimate of drug-likeness (QED) is 0.794. The van der Waals surface area contributed by atoms with E-state index in [-0.39, 0.29) is 23.7 Å². The molecule has 0 N–H and O–H groups in total. The summed E-state index contributed by atoms with van der Waals surface area (Å²) in [6.07, 6.45) is 2.46. The van der Waals surface area contributed by atoms with Crippen molar-refractivity contribution < 1.29 is 9.31 Å². The second-order valence-electron chi connectivity index (χ2n) is 8.16. The van der Waals surface area contributed by atoms with Crippen molar-refractivity contribution >= 4 is 12.6 Å². The third-order valence-corrected chi connectivity index (χ3v) is 6.07. The first kappa shape index (κ1) is 15.9. The van der Waals surface area contributed by atoms with Crippen LogP contribution in [0.5, 0.6) is 0 Å². The van der Waals surface area contributed by atoms with Crippen molar-refractivity contribution in [2.75, 3.05) is 0 Å². The van der Waals surface area contributed by atoms with Crippen LogP contribution in [0, 0.1) is 0 Å². The van der Waals surface area contributed by atoms with Crippen molar-refractivity contribution in [1.29, 1.82) is 0 Å². The summed E-state index contributed by atoms with van der Waals surface area (Å²) >= 11 is 0. The largest absolute Gasteiger partial charge is 0.494 e. The lowest BCUT2D eigenvalue weighted by molar-refractivity contribution is 0.00578. The van der Waals surface area contributed by atoms with E-state index in [0.29, 0.717) is 0 Å². The summed E-state index contributed by atoms with van der Waals surface area (Å²) in [7, 11) is -0.282. The van der Waals surface area contributed by atoms with E-state index in [9.17, 15) is 0 Å². The molecule has 1 aliphatic heterocycles. The van der Waals surface area contributed by atoms with Gasteiger partial charge in [0.15, 0.2) is 0 Å². The Labute approximate surface area is 145 Å². The molecule has 1 heterocycles. The van der Waals surface area contributed by atoms with Gasteiger partial charge in [0.2, 0.25) is 0 Å². The summed E-state index contributed by atoms with van der Waals surface area (Å²) in [6, 6.07) is 19.7. The monoisotopic (exact) mass is 320 g/mol. The first-order valence-corrected chi connectivity index (χ1v) is 8.86. The van der Waals surface area contributed by atoms with Crippen LogP contribution in [0.15, 0.2) is 54.6 Å². The minimum atomic E-state index is -0.294.